The summed E-state index contributed by atoms with van der Waals surface area (Å²) >= 11 is 8.48. The van der Waals surface area contributed by atoms with Crippen LogP contribution in [-0.2, 0) is 9.59 Å². The molecule has 1 unspecified atom stereocenters. The Morgan fingerprint density at radius 1 is 1.15 bits per heavy atom. The number of para-hydroxylation sites is 1. The van der Waals surface area contributed by atoms with Gasteiger partial charge in [0.2, 0.25) is 11.0 Å². The van der Waals surface area contributed by atoms with E-state index in [1.807, 2.05) is 6.07 Å². The number of rotatable bonds is 6. The Kier molecular flexibility index (Phi) is 7.66. The molecule has 5 rings (SSSR count). The molecule has 3 N–H and O–H groups in total. The highest BCUT2D eigenvalue weighted by atomic mass is 35.5. The molecule has 2 heterocycles. The molecule has 0 spiro atoms. The summed E-state index contributed by atoms with van der Waals surface area (Å²) in [5.74, 6) is -0.668. The maximum atomic E-state index is 13.2. The molecule has 0 bridgehead atoms. The number of allylic oxidation sites excluding steroid dienone is 3. The molecule has 39 heavy (non-hydrogen) atoms. The first-order valence-corrected chi connectivity index (χ1v) is 14.1. The van der Waals surface area contributed by atoms with E-state index in [9.17, 15) is 20.1 Å². The molecule has 9 nitrogen and oxygen atoms in total. The van der Waals surface area contributed by atoms with Crippen LogP contribution in [0.15, 0.2) is 75.5 Å². The van der Waals surface area contributed by atoms with Crippen molar-refractivity contribution in [2.75, 3.05) is 16.0 Å². The van der Waals surface area contributed by atoms with Gasteiger partial charge in [-0.15, -0.1) is 10.2 Å². The smallest absolute Gasteiger partial charge is 0.234 e. The zero-order valence-corrected chi connectivity index (χ0v) is 22.7. The lowest BCUT2D eigenvalue weighted by molar-refractivity contribution is -0.116. The summed E-state index contributed by atoms with van der Waals surface area (Å²) in [4.78, 5) is 27.4. The molecule has 1 amide bonds. The second-order valence-corrected chi connectivity index (χ2v) is 11.3. The number of benzene rings is 2. The number of hydrogen-bond acceptors (Lipinski definition) is 10. The number of nitrogens with two attached hydrogens (primary N) is 1. The van der Waals surface area contributed by atoms with Gasteiger partial charge in [-0.2, -0.15) is 10.5 Å². The summed E-state index contributed by atoms with van der Waals surface area (Å²) in [5.41, 5.74) is 9.65. The summed E-state index contributed by atoms with van der Waals surface area (Å²) < 4.78 is 0.518. The number of nitrogens with zero attached hydrogens (tertiary/aromatic N) is 5. The van der Waals surface area contributed by atoms with E-state index in [4.69, 9.17) is 17.3 Å². The summed E-state index contributed by atoms with van der Waals surface area (Å²) in [6.07, 6.45) is 1.63. The number of Topliss-reactive ketones (excluding diaryl/α,β-unsaturated/α-hetero) is 1. The highest BCUT2D eigenvalue weighted by molar-refractivity contribution is 8.01. The highest BCUT2D eigenvalue weighted by Crippen LogP contribution is 2.47. The van der Waals surface area contributed by atoms with Crippen LogP contribution in [0.25, 0.3) is 0 Å². The normalized spacial score (nSPS) is 16.9. The quantitative estimate of drug-likeness (QED) is 0.384. The zero-order valence-electron chi connectivity index (χ0n) is 20.3. The van der Waals surface area contributed by atoms with Crippen molar-refractivity contribution in [1.29, 1.82) is 10.5 Å². The lowest BCUT2D eigenvalue weighted by Crippen LogP contribution is -2.38. The van der Waals surface area contributed by atoms with Gasteiger partial charge in [0.25, 0.3) is 0 Å². The van der Waals surface area contributed by atoms with Gasteiger partial charge in [-0.05, 0) is 42.7 Å². The van der Waals surface area contributed by atoms with E-state index in [2.05, 4.69) is 21.6 Å². The third-order valence-electron chi connectivity index (χ3n) is 6.35. The fourth-order valence-electron chi connectivity index (χ4n) is 4.65. The topological polar surface area (TPSA) is 149 Å². The van der Waals surface area contributed by atoms with E-state index in [0.717, 1.165) is 5.56 Å². The minimum atomic E-state index is -0.590. The second-order valence-electron chi connectivity index (χ2n) is 8.71. The van der Waals surface area contributed by atoms with Gasteiger partial charge >= 0.3 is 0 Å². The van der Waals surface area contributed by atoms with Crippen LogP contribution >= 0.6 is 34.7 Å². The first kappa shape index (κ1) is 26.4. The molecule has 2 aromatic carbocycles. The fourth-order valence-corrected chi connectivity index (χ4v) is 6.45. The molecular formula is C27H20ClN7O2S2. The number of hydrogen-bond donors (Lipinski definition) is 2. The first-order valence-electron chi connectivity index (χ1n) is 11.9. The number of carbonyl (C=O) groups excluding carboxylic acids is 2. The van der Waals surface area contributed by atoms with Crippen LogP contribution in [0.5, 0.6) is 0 Å². The van der Waals surface area contributed by atoms with Gasteiger partial charge in [-0.1, -0.05) is 59.0 Å². The van der Waals surface area contributed by atoms with Gasteiger partial charge in [0.05, 0.1) is 34.6 Å². The van der Waals surface area contributed by atoms with Crippen LogP contribution < -0.4 is 16.0 Å². The van der Waals surface area contributed by atoms with Crippen molar-refractivity contribution in [3.05, 3.63) is 87.3 Å². The SMILES string of the molecule is N#CC1=C(N)N(c2nnc(SCC(=O)Nc3ccccc3C#N)s2)C2=C(C(=O)CCC2)C1c1ccc(Cl)cc1. The number of aromatic nitrogens is 2. The minimum absolute atomic E-state index is 0.0325. The Labute approximate surface area is 237 Å². The molecule has 1 aliphatic heterocycles. The summed E-state index contributed by atoms with van der Waals surface area (Å²) in [6.45, 7) is 0. The van der Waals surface area contributed by atoms with Gasteiger partial charge < -0.3 is 11.1 Å². The molecule has 0 fully saturated rings. The van der Waals surface area contributed by atoms with Crippen molar-refractivity contribution in [3.8, 4) is 12.1 Å². The van der Waals surface area contributed by atoms with E-state index in [1.165, 1.54) is 23.1 Å². The van der Waals surface area contributed by atoms with Crippen LogP contribution in [0, 0.1) is 22.7 Å². The van der Waals surface area contributed by atoms with Crippen LogP contribution in [0.3, 0.4) is 0 Å². The average Bonchev–Trinajstić information content (AvgIpc) is 3.40. The van der Waals surface area contributed by atoms with Crippen molar-refractivity contribution in [2.24, 2.45) is 5.73 Å². The predicted octanol–water partition coefficient (Wildman–Crippen LogP) is 5.10. The van der Waals surface area contributed by atoms with Crippen LogP contribution in [0.4, 0.5) is 10.8 Å². The molecular weight excluding hydrogens is 554 g/mol. The Balaban J connectivity index is 1.41. The van der Waals surface area contributed by atoms with Crippen LogP contribution in [0.1, 0.15) is 36.3 Å². The molecule has 2 aliphatic rings. The number of ketones is 1. The molecule has 1 aliphatic carbocycles. The molecule has 12 heteroatoms. The number of nitriles is 2. The van der Waals surface area contributed by atoms with E-state index in [1.54, 1.807) is 53.4 Å². The Morgan fingerprint density at radius 3 is 2.67 bits per heavy atom. The van der Waals surface area contributed by atoms with Crippen molar-refractivity contribution in [3.63, 3.8) is 0 Å². The van der Waals surface area contributed by atoms with Gasteiger partial charge in [0.15, 0.2) is 10.1 Å². The van der Waals surface area contributed by atoms with Crippen molar-refractivity contribution >= 4 is 57.2 Å². The monoisotopic (exact) mass is 573 g/mol. The largest absolute Gasteiger partial charge is 0.384 e. The Hall–Kier alpha value is -4.16. The molecule has 0 saturated heterocycles. The maximum absolute atomic E-state index is 13.2. The van der Waals surface area contributed by atoms with Crippen molar-refractivity contribution in [2.45, 2.75) is 29.5 Å². The Bertz CT molecular complexity index is 1620. The minimum Gasteiger partial charge on any atom is -0.384 e. The standard InChI is InChI=1S/C27H20ClN7O2S2/c28-17-10-8-15(9-11-17)23-18(13-30)25(31)35(20-6-3-7-21(36)24(20)23)26-33-34-27(39-26)38-14-22(37)32-19-5-2-1-4-16(19)12-29/h1-2,4-5,8-11,23H,3,6-7,14,31H2,(H,32,37). The first-order chi connectivity index (χ1) is 18.9. The van der Waals surface area contributed by atoms with E-state index in [-0.39, 0.29) is 28.8 Å². The average molecular weight is 574 g/mol. The second kappa shape index (κ2) is 11.3. The Morgan fingerprint density at radius 2 is 1.92 bits per heavy atom. The van der Waals surface area contributed by atoms with E-state index >= 15 is 0 Å². The van der Waals surface area contributed by atoms with Crippen LogP contribution in [0.2, 0.25) is 5.02 Å². The lowest BCUT2D eigenvalue weighted by Gasteiger charge is -2.38. The summed E-state index contributed by atoms with van der Waals surface area (Å²) in [5, 5.41) is 31.5. The molecule has 194 valence electrons. The molecule has 1 atom stereocenters. The number of amides is 1. The van der Waals surface area contributed by atoms with E-state index < -0.39 is 5.92 Å². The number of anilines is 2. The number of carbonyl (C=O) groups is 2. The summed E-state index contributed by atoms with van der Waals surface area (Å²) in [6, 6.07) is 18.1. The molecule has 0 radical (unpaired) electrons. The van der Waals surface area contributed by atoms with Crippen molar-refractivity contribution in [1.82, 2.24) is 10.2 Å². The third kappa shape index (κ3) is 5.25. The van der Waals surface area contributed by atoms with Gasteiger partial charge in [-0.3, -0.25) is 14.5 Å². The number of thioether (sulfide) groups is 1. The summed E-state index contributed by atoms with van der Waals surface area (Å²) in [7, 11) is 0. The van der Waals surface area contributed by atoms with Crippen LogP contribution in [-0.4, -0.2) is 27.6 Å². The van der Waals surface area contributed by atoms with Gasteiger partial charge in [0.1, 0.15) is 11.9 Å². The fraction of sp³-hybridized carbons (Fsp3) is 0.185. The molecule has 0 saturated carbocycles. The molecule has 1 aromatic heterocycles. The highest BCUT2D eigenvalue weighted by Gasteiger charge is 2.41. The van der Waals surface area contributed by atoms with Gasteiger partial charge in [0, 0.05) is 22.7 Å². The number of halogens is 1. The lowest BCUT2D eigenvalue weighted by atomic mass is 9.76. The third-order valence-corrected chi connectivity index (χ3v) is 8.65. The predicted molar refractivity (Wildman–Crippen MR) is 150 cm³/mol. The number of nitrogens with one attached hydrogen (secondary N) is 1. The zero-order chi connectivity index (χ0) is 27.5. The van der Waals surface area contributed by atoms with E-state index in [0.29, 0.717) is 56.3 Å². The molecule has 3 aromatic rings. The van der Waals surface area contributed by atoms with Gasteiger partial charge in [-0.25, -0.2) is 0 Å². The van der Waals surface area contributed by atoms with Crippen molar-refractivity contribution < 1.29 is 9.59 Å². The maximum Gasteiger partial charge on any atom is 0.234 e.